The summed E-state index contributed by atoms with van der Waals surface area (Å²) in [5, 5.41) is 13.1. The van der Waals surface area contributed by atoms with Crippen molar-refractivity contribution in [2.45, 2.75) is 71.1 Å². The molecule has 0 unspecified atom stereocenters. The van der Waals surface area contributed by atoms with Crippen LogP contribution in [-0.2, 0) is 22.6 Å². The number of fused-ring (bicyclic) bond motifs is 1. The fourth-order valence-electron chi connectivity index (χ4n) is 6.45. The number of rotatable bonds is 9. The van der Waals surface area contributed by atoms with Crippen molar-refractivity contribution in [3.05, 3.63) is 83.9 Å². The number of aliphatic hydroxyl groups is 1. The van der Waals surface area contributed by atoms with Crippen molar-refractivity contribution >= 4 is 17.5 Å². The van der Waals surface area contributed by atoms with Crippen LogP contribution in [0.3, 0.4) is 0 Å². The molecule has 0 spiro atoms. The van der Waals surface area contributed by atoms with Gasteiger partial charge in [-0.15, -0.1) is 0 Å². The number of anilines is 1. The van der Waals surface area contributed by atoms with E-state index in [0.29, 0.717) is 24.5 Å². The van der Waals surface area contributed by atoms with Gasteiger partial charge in [0.2, 0.25) is 11.8 Å². The van der Waals surface area contributed by atoms with Gasteiger partial charge in [-0.1, -0.05) is 80.8 Å². The summed E-state index contributed by atoms with van der Waals surface area (Å²) < 4.78 is 6.71. The Hall–Kier alpha value is -3.68. The van der Waals surface area contributed by atoms with Crippen LogP contribution < -0.4 is 10.1 Å². The molecular weight excluding hydrogens is 550 g/mol. The zero-order valence-corrected chi connectivity index (χ0v) is 26.4. The van der Waals surface area contributed by atoms with Gasteiger partial charge >= 0.3 is 0 Å². The standard InChI is InChI=1S/C37H47N3O4/c1-26-22-40(27(2)25-41)36(42)21-32-20-33(38-37(43)31-12-8-5-9-13-31)18-19-34(32)44-35(26)24-39(3)23-28-14-16-30(17-15-28)29-10-6-4-7-11-29/h4,6-7,10-11,14-20,26-27,31,35,41H,5,8-9,12-13,21-25H2,1-3H3,(H,38,43)/t26-,27-,35+/m0/s1. The summed E-state index contributed by atoms with van der Waals surface area (Å²) in [6.07, 6.45) is 5.19. The molecule has 0 radical (unpaired) electrons. The smallest absolute Gasteiger partial charge is 0.227 e. The van der Waals surface area contributed by atoms with Crippen molar-refractivity contribution in [1.29, 1.82) is 0 Å². The minimum Gasteiger partial charge on any atom is -0.488 e. The highest BCUT2D eigenvalue weighted by Gasteiger charge is 2.31. The molecule has 0 bridgehead atoms. The molecule has 5 rings (SSSR count). The molecule has 0 aromatic heterocycles. The molecule has 3 atom stereocenters. The maximum absolute atomic E-state index is 13.6. The Morgan fingerprint density at radius 3 is 2.43 bits per heavy atom. The number of hydrogen-bond acceptors (Lipinski definition) is 5. The Labute approximate surface area is 262 Å². The molecule has 234 valence electrons. The van der Waals surface area contributed by atoms with Gasteiger partial charge in [0.05, 0.1) is 19.1 Å². The van der Waals surface area contributed by atoms with Gasteiger partial charge in [0.25, 0.3) is 0 Å². The minimum atomic E-state index is -0.304. The molecule has 1 heterocycles. The molecule has 7 heteroatoms. The van der Waals surface area contributed by atoms with Crippen molar-refractivity contribution in [3.8, 4) is 16.9 Å². The first kappa shape index (κ1) is 31.7. The van der Waals surface area contributed by atoms with Crippen molar-refractivity contribution in [2.24, 2.45) is 11.8 Å². The second-order valence-corrected chi connectivity index (χ2v) is 12.8. The Balaban J connectivity index is 1.33. The zero-order chi connectivity index (χ0) is 31.1. The average molecular weight is 598 g/mol. The molecule has 1 fully saturated rings. The largest absolute Gasteiger partial charge is 0.488 e. The SMILES string of the molecule is C[C@H]1CN([C@@H](C)CO)C(=O)Cc2cc(NC(=O)C3CCCCC3)ccc2O[C@@H]1CN(C)Cc1ccc(-c2ccccc2)cc1. The van der Waals surface area contributed by atoms with Gasteiger partial charge in [-0.05, 0) is 61.7 Å². The van der Waals surface area contributed by atoms with Crippen LogP contribution in [0.2, 0.25) is 0 Å². The van der Waals surface area contributed by atoms with Gasteiger partial charge in [-0.2, -0.15) is 0 Å². The lowest BCUT2D eigenvalue weighted by atomic mass is 9.88. The molecule has 2 N–H and O–H groups in total. The highest BCUT2D eigenvalue weighted by molar-refractivity contribution is 5.93. The molecular formula is C37H47N3O4. The highest BCUT2D eigenvalue weighted by atomic mass is 16.5. The summed E-state index contributed by atoms with van der Waals surface area (Å²) in [6.45, 7) is 5.80. The van der Waals surface area contributed by atoms with E-state index in [2.05, 4.69) is 72.7 Å². The first-order chi connectivity index (χ1) is 21.3. The highest BCUT2D eigenvalue weighted by Crippen LogP contribution is 2.31. The maximum Gasteiger partial charge on any atom is 0.227 e. The first-order valence-electron chi connectivity index (χ1n) is 16.1. The third-order valence-electron chi connectivity index (χ3n) is 9.17. The normalized spacial score (nSPS) is 20.2. The van der Waals surface area contributed by atoms with Crippen LogP contribution in [0.1, 0.15) is 57.1 Å². The lowest BCUT2D eigenvalue weighted by molar-refractivity contribution is -0.134. The summed E-state index contributed by atoms with van der Waals surface area (Å²) in [5.41, 5.74) is 5.06. The number of amides is 2. The molecule has 2 amide bonds. The van der Waals surface area contributed by atoms with Crippen molar-refractivity contribution in [2.75, 3.05) is 32.1 Å². The molecule has 7 nitrogen and oxygen atoms in total. The van der Waals surface area contributed by atoms with Crippen molar-refractivity contribution in [1.82, 2.24) is 9.80 Å². The summed E-state index contributed by atoms with van der Waals surface area (Å²) in [7, 11) is 2.10. The van der Waals surface area contributed by atoms with E-state index in [-0.39, 0.29) is 48.8 Å². The van der Waals surface area contributed by atoms with Gasteiger partial charge in [0, 0.05) is 42.7 Å². The molecule has 1 aliphatic carbocycles. The van der Waals surface area contributed by atoms with Gasteiger partial charge in [-0.3, -0.25) is 14.5 Å². The van der Waals surface area contributed by atoms with E-state index in [1.807, 2.05) is 31.2 Å². The quantitative estimate of drug-likeness (QED) is 0.309. The fourth-order valence-corrected chi connectivity index (χ4v) is 6.45. The Bertz CT molecular complexity index is 1390. The topological polar surface area (TPSA) is 82.1 Å². The maximum atomic E-state index is 13.6. The minimum absolute atomic E-state index is 0.0208. The number of carbonyl (C=O) groups is 2. The molecule has 3 aromatic carbocycles. The van der Waals surface area contributed by atoms with Gasteiger partial charge in [-0.25, -0.2) is 0 Å². The first-order valence-corrected chi connectivity index (χ1v) is 16.1. The van der Waals surface area contributed by atoms with Crippen LogP contribution >= 0.6 is 0 Å². The van der Waals surface area contributed by atoms with Gasteiger partial charge in [0.1, 0.15) is 11.9 Å². The zero-order valence-electron chi connectivity index (χ0n) is 26.4. The van der Waals surface area contributed by atoms with E-state index in [1.54, 1.807) is 4.90 Å². The van der Waals surface area contributed by atoms with E-state index in [4.69, 9.17) is 4.74 Å². The Kier molecular flexibility index (Phi) is 10.7. The molecule has 1 aliphatic heterocycles. The predicted octanol–water partition coefficient (Wildman–Crippen LogP) is 6.15. The van der Waals surface area contributed by atoms with Crippen LogP contribution in [0.4, 0.5) is 5.69 Å². The number of nitrogens with zero attached hydrogens (tertiary/aromatic N) is 2. The average Bonchev–Trinajstić information content (AvgIpc) is 3.09. The Morgan fingerprint density at radius 2 is 1.73 bits per heavy atom. The number of likely N-dealkylation sites (N-methyl/N-ethyl adjacent to an activating group) is 1. The molecule has 3 aromatic rings. The lowest BCUT2D eigenvalue weighted by Gasteiger charge is -2.34. The van der Waals surface area contributed by atoms with Crippen molar-refractivity contribution < 1.29 is 19.4 Å². The monoisotopic (exact) mass is 597 g/mol. The van der Waals surface area contributed by atoms with Crippen LogP contribution in [0.15, 0.2) is 72.8 Å². The third-order valence-corrected chi connectivity index (χ3v) is 9.17. The molecule has 2 aliphatic rings. The van der Waals surface area contributed by atoms with E-state index in [9.17, 15) is 14.7 Å². The van der Waals surface area contributed by atoms with Gasteiger partial charge in [0.15, 0.2) is 0 Å². The second kappa shape index (κ2) is 14.9. The summed E-state index contributed by atoms with van der Waals surface area (Å²) in [6, 6.07) is 24.4. The lowest BCUT2D eigenvalue weighted by Crippen LogP contribution is -2.47. The van der Waals surface area contributed by atoms with E-state index in [0.717, 1.165) is 37.8 Å². The summed E-state index contributed by atoms with van der Waals surface area (Å²) in [4.78, 5) is 30.6. The molecule has 0 saturated heterocycles. The summed E-state index contributed by atoms with van der Waals surface area (Å²) >= 11 is 0. The van der Waals surface area contributed by atoms with E-state index < -0.39 is 0 Å². The van der Waals surface area contributed by atoms with E-state index in [1.165, 1.54) is 23.1 Å². The predicted molar refractivity (Wildman–Crippen MR) is 175 cm³/mol. The fraction of sp³-hybridized carbons (Fsp3) is 0.459. The Morgan fingerprint density at radius 1 is 1.02 bits per heavy atom. The number of benzene rings is 3. The number of nitrogens with one attached hydrogen (secondary N) is 1. The second-order valence-electron chi connectivity index (χ2n) is 12.8. The van der Waals surface area contributed by atoms with Crippen LogP contribution in [0.5, 0.6) is 5.75 Å². The molecule has 1 saturated carbocycles. The van der Waals surface area contributed by atoms with E-state index >= 15 is 0 Å². The van der Waals surface area contributed by atoms with Crippen LogP contribution in [0.25, 0.3) is 11.1 Å². The van der Waals surface area contributed by atoms with Crippen LogP contribution in [-0.4, -0.2) is 65.6 Å². The third kappa shape index (κ3) is 8.07. The number of carbonyl (C=O) groups excluding carboxylic acids is 2. The summed E-state index contributed by atoms with van der Waals surface area (Å²) in [5.74, 6) is 0.743. The number of hydrogen-bond donors (Lipinski definition) is 2. The molecule has 44 heavy (non-hydrogen) atoms. The van der Waals surface area contributed by atoms with Gasteiger partial charge < -0.3 is 20.1 Å². The number of ether oxygens (including phenoxy) is 1. The van der Waals surface area contributed by atoms with Crippen molar-refractivity contribution in [3.63, 3.8) is 0 Å². The number of aliphatic hydroxyl groups excluding tert-OH is 1. The van der Waals surface area contributed by atoms with Crippen LogP contribution in [0, 0.1) is 11.8 Å².